The summed E-state index contributed by atoms with van der Waals surface area (Å²) in [6.45, 7) is 7.11. The molecule has 0 spiro atoms. The molecule has 112 valence electrons. The summed E-state index contributed by atoms with van der Waals surface area (Å²) in [5, 5.41) is 5.43. The van der Waals surface area contributed by atoms with Gasteiger partial charge in [-0.1, -0.05) is 25.3 Å². The van der Waals surface area contributed by atoms with Crippen LogP contribution in [0.3, 0.4) is 0 Å². The van der Waals surface area contributed by atoms with Crippen molar-refractivity contribution in [1.29, 1.82) is 0 Å². The highest BCUT2D eigenvalue weighted by Crippen LogP contribution is 2.41. The van der Waals surface area contributed by atoms with Crippen LogP contribution in [0.1, 0.15) is 57.8 Å². The molecule has 20 heavy (non-hydrogen) atoms. The van der Waals surface area contributed by atoms with Gasteiger partial charge in [0.05, 0.1) is 6.54 Å². The lowest BCUT2D eigenvalue weighted by molar-refractivity contribution is 0.306. The van der Waals surface area contributed by atoms with E-state index >= 15 is 0 Å². The lowest BCUT2D eigenvalue weighted by Crippen LogP contribution is -2.45. The number of thiophene rings is 1. The Labute approximate surface area is 126 Å². The van der Waals surface area contributed by atoms with E-state index in [1.165, 1.54) is 37.0 Å². The first-order valence-corrected chi connectivity index (χ1v) is 8.41. The summed E-state index contributed by atoms with van der Waals surface area (Å²) in [6, 6.07) is 4.41. The Balaban J connectivity index is 2.11. The van der Waals surface area contributed by atoms with Crippen LogP contribution in [0, 0.1) is 0 Å². The summed E-state index contributed by atoms with van der Waals surface area (Å²) >= 11 is 1.86. The van der Waals surface area contributed by atoms with Crippen molar-refractivity contribution < 1.29 is 0 Å². The Morgan fingerprint density at radius 2 is 2.05 bits per heavy atom. The third-order valence-corrected chi connectivity index (χ3v) is 5.03. The second-order valence-corrected chi connectivity index (χ2v) is 7.84. The normalized spacial score (nSPS) is 19.9. The Morgan fingerprint density at radius 3 is 2.60 bits per heavy atom. The lowest BCUT2D eigenvalue weighted by atomic mass is 9.73. The summed E-state index contributed by atoms with van der Waals surface area (Å²) in [5.41, 5.74) is 6.22. The fraction of sp³-hybridized carbons (Fsp3) is 0.688. The third-order valence-electron chi connectivity index (χ3n) is 3.91. The van der Waals surface area contributed by atoms with Crippen LogP contribution in [0.5, 0.6) is 0 Å². The van der Waals surface area contributed by atoms with Crippen molar-refractivity contribution in [3.05, 3.63) is 22.4 Å². The van der Waals surface area contributed by atoms with Crippen LogP contribution >= 0.6 is 11.3 Å². The zero-order valence-corrected chi connectivity index (χ0v) is 13.7. The number of hydrogen-bond acceptors (Lipinski definition) is 2. The number of nitrogens with zero attached hydrogens (tertiary/aromatic N) is 1. The highest BCUT2D eigenvalue weighted by atomic mass is 32.1. The van der Waals surface area contributed by atoms with Crippen LogP contribution in [-0.2, 0) is 5.41 Å². The quantitative estimate of drug-likeness (QED) is 0.660. The smallest absolute Gasteiger partial charge is 0.189 e. The summed E-state index contributed by atoms with van der Waals surface area (Å²) in [6.07, 6.45) is 6.44. The van der Waals surface area contributed by atoms with Crippen molar-refractivity contribution in [3.8, 4) is 0 Å². The van der Waals surface area contributed by atoms with E-state index in [0.29, 0.717) is 5.96 Å². The average Bonchev–Trinajstić information content (AvgIpc) is 2.90. The molecule has 1 aliphatic rings. The molecule has 1 aromatic rings. The standard InChI is InChI=1S/C16H27N3S/c1-15(2,3)19-14(17)18-12-16(9-5-4-6-10-16)13-8-7-11-20-13/h7-8,11H,4-6,9-10,12H2,1-3H3,(H3,17,18,19). The van der Waals surface area contributed by atoms with Crippen molar-refractivity contribution in [1.82, 2.24) is 5.32 Å². The van der Waals surface area contributed by atoms with Crippen molar-refractivity contribution >= 4 is 17.3 Å². The molecule has 1 aliphatic carbocycles. The molecule has 0 saturated heterocycles. The molecule has 0 radical (unpaired) electrons. The molecule has 1 heterocycles. The van der Waals surface area contributed by atoms with Crippen LogP contribution in [0.2, 0.25) is 0 Å². The molecule has 0 aliphatic heterocycles. The number of guanidine groups is 1. The molecule has 3 N–H and O–H groups in total. The monoisotopic (exact) mass is 293 g/mol. The largest absolute Gasteiger partial charge is 0.370 e. The average molecular weight is 293 g/mol. The van der Waals surface area contributed by atoms with Gasteiger partial charge >= 0.3 is 0 Å². The Hall–Kier alpha value is -1.03. The van der Waals surface area contributed by atoms with Gasteiger partial charge in [-0.15, -0.1) is 11.3 Å². The number of rotatable bonds is 3. The van der Waals surface area contributed by atoms with E-state index in [9.17, 15) is 0 Å². The molecule has 0 aromatic carbocycles. The predicted octanol–water partition coefficient (Wildman–Crippen LogP) is 3.65. The Bertz CT molecular complexity index is 437. The van der Waals surface area contributed by atoms with E-state index in [1.807, 2.05) is 11.3 Å². The molecular weight excluding hydrogens is 266 g/mol. The summed E-state index contributed by atoms with van der Waals surface area (Å²) < 4.78 is 0. The van der Waals surface area contributed by atoms with Crippen molar-refractivity contribution in [2.75, 3.05) is 6.54 Å². The van der Waals surface area contributed by atoms with Gasteiger partial charge in [-0.2, -0.15) is 0 Å². The van der Waals surface area contributed by atoms with Gasteiger partial charge in [-0.05, 0) is 45.1 Å². The molecule has 0 atom stereocenters. The third kappa shape index (κ3) is 3.98. The Morgan fingerprint density at radius 1 is 1.35 bits per heavy atom. The predicted molar refractivity (Wildman–Crippen MR) is 88.5 cm³/mol. The van der Waals surface area contributed by atoms with E-state index in [-0.39, 0.29) is 11.0 Å². The van der Waals surface area contributed by atoms with Crippen molar-refractivity contribution in [2.45, 2.75) is 63.8 Å². The first-order chi connectivity index (χ1) is 9.41. The zero-order valence-electron chi connectivity index (χ0n) is 12.9. The fourth-order valence-corrected chi connectivity index (χ4v) is 3.93. The Kier molecular flexibility index (Phi) is 4.74. The minimum atomic E-state index is -0.0315. The summed E-state index contributed by atoms with van der Waals surface area (Å²) in [5.74, 6) is 0.569. The second kappa shape index (κ2) is 6.17. The number of aliphatic imine (C=N–C) groups is 1. The van der Waals surface area contributed by atoms with Crippen LogP contribution in [0.15, 0.2) is 22.5 Å². The van der Waals surface area contributed by atoms with Crippen LogP contribution in [-0.4, -0.2) is 18.0 Å². The van der Waals surface area contributed by atoms with Crippen LogP contribution < -0.4 is 11.1 Å². The van der Waals surface area contributed by atoms with Gasteiger partial charge in [0.15, 0.2) is 5.96 Å². The first kappa shape index (κ1) is 15.4. The van der Waals surface area contributed by atoms with Gasteiger partial charge in [0.2, 0.25) is 0 Å². The topological polar surface area (TPSA) is 50.4 Å². The lowest BCUT2D eigenvalue weighted by Gasteiger charge is -2.35. The molecule has 0 unspecified atom stereocenters. The van der Waals surface area contributed by atoms with E-state index in [1.54, 1.807) is 0 Å². The minimum absolute atomic E-state index is 0.0315. The van der Waals surface area contributed by atoms with Gasteiger partial charge in [-0.25, -0.2) is 0 Å². The van der Waals surface area contributed by atoms with Gasteiger partial charge in [-0.3, -0.25) is 4.99 Å². The first-order valence-electron chi connectivity index (χ1n) is 7.53. The molecular formula is C16H27N3S. The molecule has 0 bridgehead atoms. The van der Waals surface area contributed by atoms with Crippen LogP contribution in [0.25, 0.3) is 0 Å². The highest BCUT2D eigenvalue weighted by Gasteiger charge is 2.34. The molecule has 3 nitrogen and oxygen atoms in total. The number of hydrogen-bond donors (Lipinski definition) is 2. The second-order valence-electron chi connectivity index (χ2n) is 6.89. The molecule has 1 aromatic heterocycles. The molecule has 0 amide bonds. The molecule has 2 rings (SSSR count). The van der Waals surface area contributed by atoms with E-state index in [0.717, 1.165) is 6.54 Å². The minimum Gasteiger partial charge on any atom is -0.370 e. The SMILES string of the molecule is CC(C)(C)NC(N)=NCC1(c2cccs2)CCCCC1. The van der Waals surface area contributed by atoms with Crippen molar-refractivity contribution in [3.63, 3.8) is 0 Å². The van der Waals surface area contributed by atoms with Gasteiger partial charge in [0.25, 0.3) is 0 Å². The fourth-order valence-electron chi connectivity index (χ4n) is 2.95. The van der Waals surface area contributed by atoms with Gasteiger partial charge in [0.1, 0.15) is 0 Å². The number of nitrogens with one attached hydrogen (secondary N) is 1. The van der Waals surface area contributed by atoms with E-state index < -0.39 is 0 Å². The van der Waals surface area contributed by atoms with Crippen LogP contribution in [0.4, 0.5) is 0 Å². The highest BCUT2D eigenvalue weighted by molar-refractivity contribution is 7.10. The van der Waals surface area contributed by atoms with Crippen molar-refractivity contribution in [2.24, 2.45) is 10.7 Å². The maximum Gasteiger partial charge on any atom is 0.189 e. The summed E-state index contributed by atoms with van der Waals surface area (Å²) in [4.78, 5) is 6.13. The van der Waals surface area contributed by atoms with Gasteiger partial charge < -0.3 is 11.1 Å². The summed E-state index contributed by atoms with van der Waals surface area (Å²) in [7, 11) is 0. The maximum absolute atomic E-state index is 6.03. The maximum atomic E-state index is 6.03. The van der Waals surface area contributed by atoms with E-state index in [2.05, 4.69) is 48.6 Å². The molecule has 4 heteroatoms. The number of nitrogens with two attached hydrogens (primary N) is 1. The van der Waals surface area contributed by atoms with E-state index in [4.69, 9.17) is 5.73 Å². The van der Waals surface area contributed by atoms with Gasteiger partial charge in [0, 0.05) is 15.8 Å². The molecule has 1 saturated carbocycles. The molecule has 1 fully saturated rings. The zero-order chi connectivity index (χ0) is 14.6.